The number of hydrogen-bond donors (Lipinski definition) is 6. The van der Waals surface area contributed by atoms with Gasteiger partial charge in [0.1, 0.15) is 36.8 Å². The van der Waals surface area contributed by atoms with Crippen molar-refractivity contribution in [2.75, 3.05) is 20.2 Å². The first-order chi connectivity index (χ1) is 23.2. The number of aliphatic hydroxyl groups is 2. The number of likely N-dealkylation sites (N-methyl/N-ethyl adjacent to an activating group) is 1. The number of ether oxygens (including phenoxy) is 1. The number of amides is 5. The quantitative estimate of drug-likeness (QED) is 0.109. The zero-order chi connectivity index (χ0) is 37.1. The van der Waals surface area contributed by atoms with E-state index in [1.165, 1.54) is 38.1 Å². The number of hydrogen-bond acceptors (Lipinski definition) is 9. The predicted octanol–water partition coefficient (Wildman–Crippen LogP) is 1.70. The van der Waals surface area contributed by atoms with Crippen molar-refractivity contribution < 1.29 is 43.7 Å². The summed E-state index contributed by atoms with van der Waals surface area (Å²) in [6.07, 6.45) is 7.53. The first kappa shape index (κ1) is 43.8. The van der Waals surface area contributed by atoms with Crippen LogP contribution in [0.25, 0.3) is 0 Å². The lowest BCUT2D eigenvalue weighted by atomic mass is 9.94. The van der Waals surface area contributed by atoms with E-state index in [9.17, 15) is 39.0 Å². The van der Waals surface area contributed by atoms with Crippen LogP contribution in [0.1, 0.15) is 119 Å². The van der Waals surface area contributed by atoms with Gasteiger partial charge in [0.25, 0.3) is 0 Å². The fraction of sp³-hybridized carbons (Fsp3) is 0.829. The van der Waals surface area contributed by atoms with Gasteiger partial charge in [0.15, 0.2) is 0 Å². The van der Waals surface area contributed by atoms with Crippen molar-refractivity contribution in [1.82, 2.24) is 26.2 Å². The second kappa shape index (κ2) is 23.2. The van der Waals surface area contributed by atoms with Crippen LogP contribution in [0.3, 0.4) is 0 Å². The lowest BCUT2D eigenvalue weighted by Crippen LogP contribution is -2.60. The van der Waals surface area contributed by atoms with Crippen LogP contribution < -0.4 is 21.3 Å². The molecule has 1 rings (SSSR count). The Morgan fingerprint density at radius 3 is 1.90 bits per heavy atom. The molecule has 0 aromatic heterocycles. The zero-order valence-electron chi connectivity index (χ0n) is 30.7. The van der Waals surface area contributed by atoms with Crippen LogP contribution in [0.2, 0.25) is 0 Å². The van der Waals surface area contributed by atoms with E-state index in [2.05, 4.69) is 28.2 Å². The van der Waals surface area contributed by atoms with Gasteiger partial charge in [0.05, 0.1) is 18.6 Å². The van der Waals surface area contributed by atoms with E-state index in [4.69, 9.17) is 4.74 Å². The van der Waals surface area contributed by atoms with Crippen molar-refractivity contribution in [1.29, 1.82) is 0 Å². The molecule has 1 aliphatic rings. The average molecular weight is 698 g/mol. The van der Waals surface area contributed by atoms with E-state index in [0.717, 1.165) is 25.7 Å². The van der Waals surface area contributed by atoms with Crippen molar-refractivity contribution >= 4 is 35.5 Å². The standard InChI is InChI=1S/C35H63N5O9/c1-8-10-11-12-13-14-15-16-18-28-23(5)35(48)40(7)27(19-22(3)4)33(46)37-25(17-9-2)31(44)38-26(21-41)32(45)39-30(24(6)42)34(47)36-20-29(43)49-28/h22-28,30,41-42H,8-21H2,1-7H3,(H,36,47)(H,37,46)(H,38,44)(H,39,45)/t23-,24+,25+,26+,27+,28-,30+/m1/s1. The third kappa shape index (κ3) is 15.4. The summed E-state index contributed by atoms with van der Waals surface area (Å²) in [5, 5.41) is 30.0. The molecule has 5 amide bonds. The van der Waals surface area contributed by atoms with Crippen molar-refractivity contribution in [3.63, 3.8) is 0 Å². The summed E-state index contributed by atoms with van der Waals surface area (Å²) in [6, 6.07) is -5.09. The Morgan fingerprint density at radius 1 is 0.776 bits per heavy atom. The Morgan fingerprint density at radius 2 is 1.35 bits per heavy atom. The average Bonchev–Trinajstić information content (AvgIpc) is 3.05. The van der Waals surface area contributed by atoms with Crippen molar-refractivity contribution in [2.45, 2.75) is 155 Å². The number of unbranched alkanes of at least 4 members (excludes halogenated alkanes) is 7. The molecule has 0 unspecified atom stereocenters. The molecule has 1 fully saturated rings. The van der Waals surface area contributed by atoms with E-state index in [-0.39, 0.29) is 18.8 Å². The van der Waals surface area contributed by atoms with Gasteiger partial charge in [-0.3, -0.25) is 28.8 Å². The van der Waals surface area contributed by atoms with Crippen molar-refractivity contribution in [3.8, 4) is 0 Å². The van der Waals surface area contributed by atoms with Gasteiger partial charge in [-0.05, 0) is 38.5 Å². The Kier molecular flexibility index (Phi) is 20.7. The molecule has 0 aliphatic carbocycles. The van der Waals surface area contributed by atoms with Crippen LogP contribution >= 0.6 is 0 Å². The fourth-order valence-electron chi connectivity index (χ4n) is 5.84. The molecule has 0 bridgehead atoms. The second-order valence-corrected chi connectivity index (χ2v) is 13.7. The monoisotopic (exact) mass is 697 g/mol. The van der Waals surface area contributed by atoms with Gasteiger partial charge in [0.2, 0.25) is 29.5 Å². The maximum Gasteiger partial charge on any atom is 0.325 e. The molecular weight excluding hydrogens is 634 g/mol. The van der Waals surface area contributed by atoms with E-state index in [1.807, 2.05) is 20.8 Å². The maximum atomic E-state index is 13.9. The molecule has 0 radical (unpaired) electrons. The third-order valence-corrected chi connectivity index (χ3v) is 8.88. The predicted molar refractivity (Wildman–Crippen MR) is 185 cm³/mol. The summed E-state index contributed by atoms with van der Waals surface area (Å²) in [6.45, 7) is 9.27. The van der Waals surface area contributed by atoms with Gasteiger partial charge in [-0.2, -0.15) is 0 Å². The number of cyclic esters (lactones) is 1. The normalized spacial score (nSPS) is 26.1. The molecular formula is C35H63N5O9. The molecule has 14 heteroatoms. The first-order valence-corrected chi connectivity index (χ1v) is 18.1. The summed E-state index contributed by atoms with van der Waals surface area (Å²) in [5.74, 6) is -5.21. The van der Waals surface area contributed by atoms with Crippen LogP contribution in [-0.4, -0.2) is 107 Å². The van der Waals surface area contributed by atoms with Gasteiger partial charge in [-0.15, -0.1) is 0 Å². The van der Waals surface area contributed by atoms with Gasteiger partial charge in [-0.25, -0.2) is 0 Å². The lowest BCUT2D eigenvalue weighted by molar-refractivity contribution is -0.157. The number of esters is 1. The molecule has 1 heterocycles. The molecule has 0 aromatic carbocycles. The summed E-state index contributed by atoms with van der Waals surface area (Å²) in [5.41, 5.74) is 0. The van der Waals surface area contributed by atoms with E-state index in [0.29, 0.717) is 19.3 Å². The largest absolute Gasteiger partial charge is 0.460 e. The molecule has 6 N–H and O–H groups in total. The Labute approximate surface area is 292 Å². The van der Waals surface area contributed by atoms with Crippen LogP contribution in [0, 0.1) is 11.8 Å². The number of aliphatic hydroxyl groups excluding tert-OH is 2. The lowest BCUT2D eigenvalue weighted by Gasteiger charge is -2.34. The molecule has 1 saturated heterocycles. The molecule has 14 nitrogen and oxygen atoms in total. The third-order valence-electron chi connectivity index (χ3n) is 8.88. The fourth-order valence-corrected chi connectivity index (χ4v) is 5.84. The summed E-state index contributed by atoms with van der Waals surface area (Å²) in [4.78, 5) is 81.4. The Bertz CT molecular complexity index is 1070. The highest BCUT2D eigenvalue weighted by molar-refractivity contribution is 5.96. The van der Waals surface area contributed by atoms with Crippen molar-refractivity contribution in [2.24, 2.45) is 11.8 Å². The number of nitrogens with one attached hydrogen (secondary N) is 4. The number of carbonyl (C=O) groups is 6. The highest BCUT2D eigenvalue weighted by Crippen LogP contribution is 2.22. The van der Waals surface area contributed by atoms with E-state index < -0.39 is 91.0 Å². The molecule has 0 saturated carbocycles. The van der Waals surface area contributed by atoms with Crippen LogP contribution in [0.4, 0.5) is 0 Å². The van der Waals surface area contributed by atoms with Crippen LogP contribution in [-0.2, 0) is 33.5 Å². The summed E-state index contributed by atoms with van der Waals surface area (Å²) >= 11 is 0. The molecule has 1 aliphatic heterocycles. The Balaban J connectivity index is 3.44. The van der Waals surface area contributed by atoms with Gasteiger partial charge >= 0.3 is 5.97 Å². The number of rotatable bonds is 15. The van der Waals surface area contributed by atoms with E-state index >= 15 is 0 Å². The van der Waals surface area contributed by atoms with Crippen LogP contribution in [0.15, 0.2) is 0 Å². The molecule has 0 aromatic rings. The topological polar surface area (TPSA) is 203 Å². The first-order valence-electron chi connectivity index (χ1n) is 18.1. The Hall–Kier alpha value is -3.26. The van der Waals surface area contributed by atoms with Gasteiger partial charge in [0, 0.05) is 7.05 Å². The zero-order valence-corrected chi connectivity index (χ0v) is 30.7. The smallest absolute Gasteiger partial charge is 0.325 e. The number of carbonyl (C=O) groups excluding carboxylic acids is 6. The number of nitrogens with zero attached hydrogens (tertiary/aromatic N) is 1. The summed E-state index contributed by atoms with van der Waals surface area (Å²) in [7, 11) is 1.51. The van der Waals surface area contributed by atoms with E-state index in [1.54, 1.807) is 6.92 Å². The van der Waals surface area contributed by atoms with Gasteiger partial charge in [-0.1, -0.05) is 86.0 Å². The summed E-state index contributed by atoms with van der Waals surface area (Å²) < 4.78 is 5.77. The van der Waals surface area contributed by atoms with Crippen LogP contribution in [0.5, 0.6) is 0 Å². The van der Waals surface area contributed by atoms with Gasteiger partial charge < -0.3 is 41.1 Å². The molecule has 282 valence electrons. The highest BCUT2D eigenvalue weighted by atomic mass is 16.5. The second-order valence-electron chi connectivity index (χ2n) is 13.7. The minimum absolute atomic E-state index is 0.000237. The SMILES string of the molecule is CCCCCCCCCC[C@H]1OC(=O)CNC(=O)[C@H]([C@H](C)O)NC(=O)[C@H](CO)NC(=O)[C@H](CCC)NC(=O)[C@H](CC(C)C)N(C)C(=O)[C@@H]1C. The minimum Gasteiger partial charge on any atom is -0.460 e. The highest BCUT2D eigenvalue weighted by Gasteiger charge is 2.37. The molecule has 7 atom stereocenters. The minimum atomic E-state index is -1.53. The molecule has 49 heavy (non-hydrogen) atoms. The molecule has 0 spiro atoms. The van der Waals surface area contributed by atoms with Crippen molar-refractivity contribution in [3.05, 3.63) is 0 Å². The maximum absolute atomic E-state index is 13.9.